The van der Waals surface area contributed by atoms with Crippen LogP contribution in [0.5, 0.6) is 0 Å². The van der Waals surface area contributed by atoms with Crippen LogP contribution in [0.3, 0.4) is 0 Å². The molecule has 1 atom stereocenters. The number of nitrogens with zero attached hydrogens (tertiary/aromatic N) is 3. The lowest BCUT2D eigenvalue weighted by atomic mass is 9.94. The molecule has 1 aromatic carbocycles. The van der Waals surface area contributed by atoms with Crippen molar-refractivity contribution in [2.75, 3.05) is 59.5 Å². The van der Waals surface area contributed by atoms with Crippen molar-refractivity contribution in [3.05, 3.63) is 34.7 Å². The van der Waals surface area contributed by atoms with E-state index in [0.29, 0.717) is 6.54 Å². The van der Waals surface area contributed by atoms with Gasteiger partial charge < -0.3 is 14.5 Å². The fourth-order valence-corrected chi connectivity index (χ4v) is 5.71. The van der Waals surface area contributed by atoms with Gasteiger partial charge in [-0.25, -0.2) is 0 Å². The SMILES string of the molecule is COCCN1CCN(C(=O)c2sc3ccccc3c2[C@H]2CCN(C(C)=O)C2)CC1. The molecule has 156 valence electrons. The number of ether oxygens (including phenoxy) is 1. The lowest BCUT2D eigenvalue weighted by molar-refractivity contribution is -0.127. The summed E-state index contributed by atoms with van der Waals surface area (Å²) in [5.41, 5.74) is 1.15. The first-order valence-electron chi connectivity index (χ1n) is 10.4. The van der Waals surface area contributed by atoms with Gasteiger partial charge in [0.2, 0.25) is 5.91 Å². The van der Waals surface area contributed by atoms with Crippen molar-refractivity contribution in [1.82, 2.24) is 14.7 Å². The van der Waals surface area contributed by atoms with Crippen molar-refractivity contribution in [2.45, 2.75) is 19.3 Å². The zero-order chi connectivity index (χ0) is 20.4. The van der Waals surface area contributed by atoms with Crippen LogP contribution in [0.15, 0.2) is 24.3 Å². The quantitative estimate of drug-likeness (QED) is 0.753. The molecule has 3 heterocycles. The second-order valence-corrected chi connectivity index (χ2v) is 8.97. The summed E-state index contributed by atoms with van der Waals surface area (Å²) in [4.78, 5) is 32.4. The molecule has 0 radical (unpaired) electrons. The summed E-state index contributed by atoms with van der Waals surface area (Å²) in [5.74, 6) is 0.498. The Morgan fingerprint density at radius 1 is 1.10 bits per heavy atom. The molecule has 4 rings (SSSR count). The van der Waals surface area contributed by atoms with E-state index < -0.39 is 0 Å². The predicted molar refractivity (Wildman–Crippen MR) is 116 cm³/mol. The number of carbonyl (C=O) groups is 2. The van der Waals surface area contributed by atoms with E-state index in [1.807, 2.05) is 21.9 Å². The first-order valence-corrected chi connectivity index (χ1v) is 11.2. The fourth-order valence-electron chi connectivity index (χ4n) is 4.45. The molecule has 0 aliphatic carbocycles. The predicted octanol–water partition coefficient (Wildman–Crippen LogP) is 2.64. The lowest BCUT2D eigenvalue weighted by Gasteiger charge is -2.34. The summed E-state index contributed by atoms with van der Waals surface area (Å²) in [6, 6.07) is 8.29. The molecule has 2 amide bonds. The Morgan fingerprint density at radius 3 is 2.55 bits per heavy atom. The number of piperazine rings is 1. The Kier molecular flexibility index (Phi) is 6.18. The van der Waals surface area contributed by atoms with Gasteiger partial charge in [-0.15, -0.1) is 11.3 Å². The molecular formula is C22H29N3O3S. The zero-order valence-corrected chi connectivity index (χ0v) is 18.0. The van der Waals surface area contributed by atoms with Crippen LogP contribution in [0.2, 0.25) is 0 Å². The maximum absolute atomic E-state index is 13.5. The smallest absolute Gasteiger partial charge is 0.264 e. The Labute approximate surface area is 176 Å². The summed E-state index contributed by atoms with van der Waals surface area (Å²) in [6.07, 6.45) is 0.922. The van der Waals surface area contributed by atoms with Crippen molar-refractivity contribution in [3.63, 3.8) is 0 Å². The molecule has 0 saturated carbocycles. The molecule has 7 heteroatoms. The zero-order valence-electron chi connectivity index (χ0n) is 17.2. The third kappa shape index (κ3) is 4.17. The van der Waals surface area contributed by atoms with Gasteiger partial charge in [0, 0.05) is 70.5 Å². The first-order chi connectivity index (χ1) is 14.1. The van der Waals surface area contributed by atoms with Crippen LogP contribution in [0.25, 0.3) is 10.1 Å². The number of methoxy groups -OCH3 is 1. The number of hydrogen-bond acceptors (Lipinski definition) is 5. The average Bonchev–Trinajstić information content (AvgIpc) is 3.36. The second-order valence-electron chi connectivity index (χ2n) is 7.92. The minimum absolute atomic E-state index is 0.118. The third-order valence-electron chi connectivity index (χ3n) is 6.14. The van der Waals surface area contributed by atoms with Gasteiger partial charge in [-0.2, -0.15) is 0 Å². The van der Waals surface area contributed by atoms with Crippen molar-refractivity contribution in [3.8, 4) is 0 Å². The number of carbonyl (C=O) groups excluding carboxylic acids is 2. The summed E-state index contributed by atoms with van der Waals surface area (Å²) in [5, 5.41) is 1.18. The van der Waals surface area contributed by atoms with E-state index >= 15 is 0 Å². The number of amides is 2. The van der Waals surface area contributed by atoms with E-state index in [1.165, 1.54) is 5.39 Å². The second kappa shape index (κ2) is 8.81. The van der Waals surface area contributed by atoms with E-state index in [0.717, 1.165) is 67.4 Å². The molecular weight excluding hydrogens is 386 g/mol. The van der Waals surface area contributed by atoms with Crippen LogP contribution in [-0.2, 0) is 9.53 Å². The van der Waals surface area contributed by atoms with Gasteiger partial charge in [-0.3, -0.25) is 14.5 Å². The largest absolute Gasteiger partial charge is 0.383 e. The fraction of sp³-hybridized carbons (Fsp3) is 0.545. The van der Waals surface area contributed by atoms with Crippen LogP contribution >= 0.6 is 11.3 Å². The molecule has 2 saturated heterocycles. The topological polar surface area (TPSA) is 53.1 Å². The maximum Gasteiger partial charge on any atom is 0.264 e. The molecule has 2 aliphatic heterocycles. The minimum Gasteiger partial charge on any atom is -0.383 e. The highest BCUT2D eigenvalue weighted by atomic mass is 32.1. The van der Waals surface area contributed by atoms with Crippen molar-refractivity contribution in [1.29, 1.82) is 0 Å². The summed E-state index contributed by atoms with van der Waals surface area (Å²) >= 11 is 1.61. The van der Waals surface area contributed by atoms with Crippen LogP contribution < -0.4 is 0 Å². The molecule has 2 aliphatic rings. The molecule has 0 spiro atoms. The Balaban J connectivity index is 1.57. The highest BCUT2D eigenvalue weighted by Gasteiger charge is 2.33. The number of fused-ring (bicyclic) bond motifs is 1. The number of thiophene rings is 1. The third-order valence-corrected chi connectivity index (χ3v) is 7.32. The Hall–Kier alpha value is -1.96. The van der Waals surface area contributed by atoms with Gasteiger partial charge >= 0.3 is 0 Å². The normalized spacial score (nSPS) is 20.6. The molecule has 2 aromatic rings. The standard InChI is InChI=1S/C22H29N3O3S/c1-16(26)25-8-7-17(15-25)20-18-5-3-4-6-19(18)29-21(20)22(27)24-11-9-23(10-12-24)13-14-28-2/h3-6,17H,7-15H2,1-2H3/t17-/m0/s1. The van der Waals surface area contributed by atoms with Crippen molar-refractivity contribution >= 4 is 33.2 Å². The molecule has 29 heavy (non-hydrogen) atoms. The van der Waals surface area contributed by atoms with E-state index in [-0.39, 0.29) is 17.7 Å². The van der Waals surface area contributed by atoms with Crippen molar-refractivity contribution in [2.24, 2.45) is 0 Å². The van der Waals surface area contributed by atoms with E-state index in [2.05, 4.69) is 17.0 Å². The maximum atomic E-state index is 13.5. The molecule has 1 aromatic heterocycles. The molecule has 6 nitrogen and oxygen atoms in total. The average molecular weight is 416 g/mol. The van der Waals surface area contributed by atoms with Gasteiger partial charge in [0.25, 0.3) is 5.91 Å². The summed E-state index contributed by atoms with van der Waals surface area (Å²) in [7, 11) is 1.72. The Bertz CT molecular complexity index is 889. The summed E-state index contributed by atoms with van der Waals surface area (Å²) < 4.78 is 6.33. The van der Waals surface area contributed by atoms with E-state index in [9.17, 15) is 9.59 Å². The minimum atomic E-state index is 0.118. The van der Waals surface area contributed by atoms with Crippen LogP contribution in [0.1, 0.15) is 34.5 Å². The monoisotopic (exact) mass is 415 g/mol. The van der Waals surface area contributed by atoms with Gasteiger partial charge in [-0.05, 0) is 23.4 Å². The first kappa shape index (κ1) is 20.3. The summed E-state index contributed by atoms with van der Waals surface area (Å²) in [6.45, 7) is 8.02. The van der Waals surface area contributed by atoms with Gasteiger partial charge in [0.1, 0.15) is 0 Å². The lowest BCUT2D eigenvalue weighted by Crippen LogP contribution is -2.49. The highest BCUT2D eigenvalue weighted by Crippen LogP contribution is 2.40. The number of rotatable bonds is 5. The van der Waals surface area contributed by atoms with Crippen LogP contribution in [0, 0.1) is 0 Å². The number of hydrogen-bond donors (Lipinski definition) is 0. The number of benzene rings is 1. The Morgan fingerprint density at radius 2 is 1.86 bits per heavy atom. The highest BCUT2D eigenvalue weighted by molar-refractivity contribution is 7.21. The van der Waals surface area contributed by atoms with Crippen molar-refractivity contribution < 1.29 is 14.3 Å². The van der Waals surface area contributed by atoms with E-state index in [4.69, 9.17) is 4.74 Å². The van der Waals surface area contributed by atoms with Gasteiger partial charge in [0.05, 0.1) is 11.5 Å². The van der Waals surface area contributed by atoms with Gasteiger partial charge in [-0.1, -0.05) is 18.2 Å². The molecule has 2 fully saturated rings. The molecule has 0 N–H and O–H groups in total. The van der Waals surface area contributed by atoms with Crippen LogP contribution in [0.4, 0.5) is 0 Å². The van der Waals surface area contributed by atoms with Gasteiger partial charge in [0.15, 0.2) is 0 Å². The van der Waals surface area contributed by atoms with Crippen LogP contribution in [-0.4, -0.2) is 86.0 Å². The molecule has 0 unspecified atom stereocenters. The van der Waals surface area contributed by atoms with E-state index in [1.54, 1.807) is 25.4 Å². The molecule has 0 bridgehead atoms. The number of likely N-dealkylation sites (tertiary alicyclic amines) is 1.